The van der Waals surface area contributed by atoms with Crippen molar-refractivity contribution in [3.63, 3.8) is 0 Å². The average molecular weight is 230 g/mol. The van der Waals surface area contributed by atoms with Crippen molar-refractivity contribution in [3.8, 4) is 0 Å². The van der Waals surface area contributed by atoms with Crippen molar-refractivity contribution >= 4 is 15.0 Å². The zero-order chi connectivity index (χ0) is 12.1. The molecule has 3 nitrogen and oxygen atoms in total. The third kappa shape index (κ3) is 8.39. The van der Waals surface area contributed by atoms with Crippen molar-refractivity contribution in [2.75, 3.05) is 0 Å². The molecule has 0 aromatic carbocycles. The molecule has 0 aliphatic rings. The first-order chi connectivity index (χ1) is 6.72. The summed E-state index contributed by atoms with van der Waals surface area (Å²) < 4.78 is 5.41. The van der Waals surface area contributed by atoms with Crippen LogP contribution >= 0.6 is 0 Å². The van der Waals surface area contributed by atoms with Crippen molar-refractivity contribution in [2.45, 2.75) is 46.4 Å². The van der Waals surface area contributed by atoms with E-state index < -0.39 is 21.1 Å². The van der Waals surface area contributed by atoms with E-state index in [2.05, 4.69) is 20.8 Å². The number of rotatable bonds is 5. The second-order valence-electron chi connectivity index (χ2n) is 5.02. The Bertz CT molecular complexity index is 228. The van der Waals surface area contributed by atoms with Gasteiger partial charge in [0.2, 0.25) is 0 Å². The predicted octanol–water partition coefficient (Wildman–Crippen LogP) is 2.43. The Labute approximate surface area is 93.9 Å². The normalized spacial score (nSPS) is 14.8. The van der Waals surface area contributed by atoms with Gasteiger partial charge in [0.15, 0.2) is 9.04 Å². The van der Waals surface area contributed by atoms with Crippen LogP contribution in [0, 0.1) is 5.41 Å². The number of carboxylic acids is 1. The summed E-state index contributed by atoms with van der Waals surface area (Å²) in [6.45, 7) is 10.2. The molecule has 0 rings (SSSR count). The number of carbonyl (C=O) groups is 1. The second kappa shape index (κ2) is 6.08. The van der Waals surface area contributed by atoms with Gasteiger partial charge in [-0.05, 0) is 18.5 Å². The van der Waals surface area contributed by atoms with Gasteiger partial charge in [0, 0.05) is 6.42 Å². The minimum absolute atomic E-state index is 0.0955. The SMILES string of the molecule is C[SiH](C)OC(C/C=C/C(C)(C)C)C(=O)O. The molecule has 0 aliphatic carbocycles. The van der Waals surface area contributed by atoms with E-state index in [1.165, 1.54) is 0 Å². The molecule has 1 N–H and O–H groups in total. The number of carboxylic acid groups (broad SMARTS) is 1. The first kappa shape index (κ1) is 14.4. The highest BCUT2D eigenvalue weighted by molar-refractivity contribution is 6.48. The fourth-order valence-corrected chi connectivity index (χ4v) is 1.97. The second-order valence-corrected chi connectivity index (χ2v) is 7.39. The minimum atomic E-state index is -1.28. The van der Waals surface area contributed by atoms with E-state index >= 15 is 0 Å². The quantitative estimate of drug-likeness (QED) is 0.583. The smallest absolute Gasteiger partial charge is 0.331 e. The summed E-state index contributed by atoms with van der Waals surface area (Å²) in [6, 6.07) is 0. The van der Waals surface area contributed by atoms with Crippen LogP contribution in [-0.4, -0.2) is 26.2 Å². The van der Waals surface area contributed by atoms with Crippen molar-refractivity contribution < 1.29 is 14.3 Å². The molecule has 88 valence electrons. The highest BCUT2D eigenvalue weighted by Crippen LogP contribution is 2.15. The van der Waals surface area contributed by atoms with Gasteiger partial charge in [-0.1, -0.05) is 32.9 Å². The van der Waals surface area contributed by atoms with Crippen LogP contribution in [0.15, 0.2) is 12.2 Å². The van der Waals surface area contributed by atoms with Crippen LogP contribution in [0.2, 0.25) is 13.1 Å². The van der Waals surface area contributed by atoms with Crippen LogP contribution in [-0.2, 0) is 9.22 Å². The van der Waals surface area contributed by atoms with Gasteiger partial charge in [0.05, 0.1) is 0 Å². The molecule has 0 aliphatic heterocycles. The molecule has 1 unspecified atom stereocenters. The maximum Gasteiger partial charge on any atom is 0.331 e. The lowest BCUT2D eigenvalue weighted by molar-refractivity contribution is -0.145. The largest absolute Gasteiger partial charge is 0.479 e. The Balaban J connectivity index is 4.19. The third-order valence-electron chi connectivity index (χ3n) is 1.68. The third-order valence-corrected chi connectivity index (χ3v) is 2.55. The molecule has 4 heteroatoms. The standard InChI is InChI=1S/C11H22O3Si/c1-11(2,3)8-6-7-9(10(12)13)14-15(4)5/h6,8-9,15H,7H2,1-5H3,(H,12,13)/b8-6+. The first-order valence-corrected chi connectivity index (χ1v) is 8.06. The van der Waals surface area contributed by atoms with Crippen LogP contribution in [0.5, 0.6) is 0 Å². The molecule has 0 aromatic heterocycles. The summed E-state index contributed by atoms with van der Waals surface area (Å²) in [5, 5.41) is 8.91. The van der Waals surface area contributed by atoms with Gasteiger partial charge in [-0.2, -0.15) is 0 Å². The van der Waals surface area contributed by atoms with Crippen molar-refractivity contribution in [1.29, 1.82) is 0 Å². The van der Waals surface area contributed by atoms with Gasteiger partial charge in [-0.3, -0.25) is 0 Å². The fraction of sp³-hybridized carbons (Fsp3) is 0.727. The lowest BCUT2D eigenvalue weighted by Crippen LogP contribution is -2.28. The molecule has 0 saturated heterocycles. The molecule has 0 aromatic rings. The van der Waals surface area contributed by atoms with Crippen molar-refractivity contribution in [2.24, 2.45) is 5.41 Å². The number of hydrogen-bond donors (Lipinski definition) is 1. The van der Waals surface area contributed by atoms with E-state index in [0.29, 0.717) is 6.42 Å². The van der Waals surface area contributed by atoms with E-state index in [4.69, 9.17) is 9.53 Å². The van der Waals surface area contributed by atoms with E-state index in [-0.39, 0.29) is 5.41 Å². The monoisotopic (exact) mass is 230 g/mol. The van der Waals surface area contributed by atoms with Crippen LogP contribution in [0.4, 0.5) is 0 Å². The molecule has 0 heterocycles. The van der Waals surface area contributed by atoms with Gasteiger partial charge >= 0.3 is 5.97 Å². The highest BCUT2D eigenvalue weighted by atomic mass is 28.3. The molecule has 0 fully saturated rings. The maximum absolute atomic E-state index is 10.9. The van der Waals surface area contributed by atoms with Gasteiger partial charge in [0.25, 0.3) is 0 Å². The molecule has 0 radical (unpaired) electrons. The molecule has 15 heavy (non-hydrogen) atoms. The summed E-state index contributed by atoms with van der Waals surface area (Å²) in [7, 11) is -1.28. The molecule has 0 amide bonds. The summed E-state index contributed by atoms with van der Waals surface area (Å²) >= 11 is 0. The average Bonchev–Trinajstić information content (AvgIpc) is 1.99. The zero-order valence-electron chi connectivity index (χ0n) is 10.3. The Morgan fingerprint density at radius 2 is 2.00 bits per heavy atom. The van der Waals surface area contributed by atoms with E-state index in [0.717, 1.165) is 0 Å². The molecule has 0 bridgehead atoms. The Hall–Kier alpha value is -0.613. The zero-order valence-corrected chi connectivity index (χ0v) is 11.4. The van der Waals surface area contributed by atoms with E-state index in [9.17, 15) is 4.79 Å². The topological polar surface area (TPSA) is 46.5 Å². The minimum Gasteiger partial charge on any atom is -0.479 e. The first-order valence-electron chi connectivity index (χ1n) is 5.28. The lowest BCUT2D eigenvalue weighted by Gasteiger charge is -2.16. The highest BCUT2D eigenvalue weighted by Gasteiger charge is 2.18. The van der Waals surface area contributed by atoms with Crippen LogP contribution in [0.1, 0.15) is 27.2 Å². The van der Waals surface area contributed by atoms with E-state index in [1.807, 2.05) is 25.2 Å². The van der Waals surface area contributed by atoms with Gasteiger partial charge in [-0.25, -0.2) is 4.79 Å². The molecular formula is C11H22O3Si. The van der Waals surface area contributed by atoms with Gasteiger partial charge in [-0.15, -0.1) is 0 Å². The Kier molecular flexibility index (Phi) is 5.83. The summed E-state index contributed by atoms with van der Waals surface area (Å²) in [4.78, 5) is 10.9. The fourth-order valence-electron chi connectivity index (χ4n) is 1.09. The summed E-state index contributed by atoms with van der Waals surface area (Å²) in [6.07, 6.45) is 3.71. The molecule has 0 saturated carbocycles. The maximum atomic E-state index is 10.9. The number of aliphatic carboxylic acids is 1. The number of allylic oxidation sites excluding steroid dienone is 1. The van der Waals surface area contributed by atoms with Crippen molar-refractivity contribution in [1.82, 2.24) is 0 Å². The molecule has 1 atom stereocenters. The Morgan fingerprint density at radius 1 is 1.47 bits per heavy atom. The van der Waals surface area contributed by atoms with Crippen LogP contribution in [0.3, 0.4) is 0 Å². The van der Waals surface area contributed by atoms with Crippen LogP contribution < -0.4 is 0 Å². The summed E-state index contributed by atoms with van der Waals surface area (Å²) in [5.74, 6) is -0.866. The number of hydrogen-bond acceptors (Lipinski definition) is 2. The Morgan fingerprint density at radius 3 is 2.33 bits per heavy atom. The molecule has 0 spiro atoms. The van der Waals surface area contributed by atoms with Gasteiger partial charge in [0.1, 0.15) is 6.10 Å². The molecular weight excluding hydrogens is 208 g/mol. The van der Waals surface area contributed by atoms with Crippen molar-refractivity contribution in [3.05, 3.63) is 12.2 Å². The summed E-state index contributed by atoms with van der Waals surface area (Å²) in [5.41, 5.74) is 0.0955. The van der Waals surface area contributed by atoms with E-state index in [1.54, 1.807) is 0 Å². The predicted molar refractivity (Wildman–Crippen MR) is 64.6 cm³/mol. The van der Waals surface area contributed by atoms with Gasteiger partial charge < -0.3 is 9.53 Å². The van der Waals surface area contributed by atoms with Crippen LogP contribution in [0.25, 0.3) is 0 Å². The lowest BCUT2D eigenvalue weighted by atomic mass is 9.96.